The minimum Gasteiger partial charge on any atom is -0.364 e. The van der Waals surface area contributed by atoms with E-state index in [2.05, 4.69) is 20.0 Å². The van der Waals surface area contributed by atoms with Gasteiger partial charge in [0.1, 0.15) is 17.8 Å². The number of aromatic nitrogens is 6. The number of alkyl halides is 6. The van der Waals surface area contributed by atoms with Gasteiger partial charge in [0.15, 0.2) is 5.65 Å². The number of aryl methyl sites for hydroxylation is 1. The largest absolute Gasteiger partial charge is 0.416 e. The summed E-state index contributed by atoms with van der Waals surface area (Å²) < 4.78 is 90.3. The highest BCUT2D eigenvalue weighted by atomic mass is 19.4. The number of hydrogen-bond donors (Lipinski definition) is 0. The SMILES string of the molecule is CC.Cc1nn(C(C)(C)C)c2nc(N(CC3CC3)CC3CC3)c(CN(Cc3cc(C(F)(F)F)cc(C(F)(F)F)c3)c3ncc(-c4ccon4)cn3)cc12. The van der Waals surface area contributed by atoms with Crippen molar-refractivity contribution in [2.75, 3.05) is 22.9 Å². The van der Waals surface area contributed by atoms with Crippen molar-refractivity contribution >= 4 is 22.8 Å². The van der Waals surface area contributed by atoms with E-state index in [-0.39, 0.29) is 36.2 Å². The zero-order valence-corrected chi connectivity index (χ0v) is 30.7. The molecule has 0 amide bonds. The highest BCUT2D eigenvalue weighted by molar-refractivity contribution is 5.82. The summed E-state index contributed by atoms with van der Waals surface area (Å²) in [7, 11) is 0. The van der Waals surface area contributed by atoms with E-state index in [1.54, 1.807) is 11.0 Å². The second-order valence-electron chi connectivity index (χ2n) is 14.7. The molecule has 5 aromatic rings. The molecule has 0 N–H and O–H groups in total. The first-order valence-corrected chi connectivity index (χ1v) is 17.9. The molecular weight excluding hydrogens is 698 g/mol. The number of halogens is 6. The van der Waals surface area contributed by atoms with Gasteiger partial charge in [-0.2, -0.15) is 31.4 Å². The van der Waals surface area contributed by atoms with Crippen LogP contribution in [0, 0.1) is 18.8 Å². The molecule has 0 unspecified atom stereocenters. The molecule has 2 fully saturated rings. The number of fused-ring (bicyclic) bond motifs is 1. The molecule has 15 heteroatoms. The molecule has 4 heterocycles. The first-order valence-electron chi connectivity index (χ1n) is 17.9. The maximum atomic E-state index is 13.9. The van der Waals surface area contributed by atoms with Gasteiger partial charge >= 0.3 is 12.4 Å². The lowest BCUT2D eigenvalue weighted by Crippen LogP contribution is -2.32. The quantitative estimate of drug-likeness (QED) is 0.124. The zero-order valence-electron chi connectivity index (χ0n) is 30.7. The number of benzene rings is 1. The van der Waals surface area contributed by atoms with E-state index in [1.165, 1.54) is 18.7 Å². The lowest BCUT2D eigenvalue weighted by atomic mass is 10.0. The number of anilines is 2. The van der Waals surface area contributed by atoms with Crippen LogP contribution in [0.15, 0.2) is 53.5 Å². The molecule has 9 nitrogen and oxygen atoms in total. The van der Waals surface area contributed by atoms with Gasteiger partial charge in [0.25, 0.3) is 0 Å². The summed E-state index contributed by atoms with van der Waals surface area (Å²) >= 11 is 0. The van der Waals surface area contributed by atoms with Gasteiger partial charge in [-0.3, -0.25) is 0 Å². The van der Waals surface area contributed by atoms with Crippen LogP contribution in [0.5, 0.6) is 0 Å². The monoisotopic (exact) mass is 742 g/mol. The van der Waals surface area contributed by atoms with E-state index in [1.807, 2.05) is 52.3 Å². The average molecular weight is 743 g/mol. The van der Waals surface area contributed by atoms with Crippen molar-refractivity contribution < 1.29 is 30.9 Å². The summed E-state index contributed by atoms with van der Waals surface area (Å²) in [6, 6.07) is 5.26. The Bertz CT molecular complexity index is 1960. The number of nitrogens with zero attached hydrogens (tertiary/aromatic N) is 8. The molecule has 53 heavy (non-hydrogen) atoms. The first kappa shape index (κ1) is 38.0. The minimum absolute atomic E-state index is 0.0468. The number of rotatable bonds is 11. The van der Waals surface area contributed by atoms with Gasteiger partial charge in [-0.05, 0) is 95.0 Å². The van der Waals surface area contributed by atoms with Gasteiger partial charge < -0.3 is 14.3 Å². The Kier molecular flexibility index (Phi) is 10.5. The third-order valence-corrected chi connectivity index (χ3v) is 9.22. The summed E-state index contributed by atoms with van der Waals surface area (Å²) in [5, 5.41) is 9.53. The van der Waals surface area contributed by atoms with Gasteiger partial charge in [0.2, 0.25) is 5.95 Å². The van der Waals surface area contributed by atoms with Crippen molar-refractivity contribution in [2.24, 2.45) is 11.8 Å². The number of pyridine rings is 1. The summed E-state index contributed by atoms with van der Waals surface area (Å²) in [5.41, 5.74) is -0.131. The van der Waals surface area contributed by atoms with Crippen molar-refractivity contribution in [3.8, 4) is 11.3 Å². The molecule has 2 saturated carbocycles. The Labute approximate surface area is 304 Å². The normalized spacial score (nSPS) is 15.0. The van der Waals surface area contributed by atoms with Gasteiger partial charge in [0.05, 0.1) is 22.4 Å². The van der Waals surface area contributed by atoms with Crippen LogP contribution in [0.3, 0.4) is 0 Å². The molecule has 0 radical (unpaired) electrons. The zero-order chi connectivity index (χ0) is 38.3. The summed E-state index contributed by atoms with van der Waals surface area (Å²) in [6.45, 7) is 13.3. The van der Waals surface area contributed by atoms with Gasteiger partial charge in [-0.1, -0.05) is 19.0 Å². The van der Waals surface area contributed by atoms with Crippen LogP contribution in [-0.4, -0.2) is 43.0 Å². The lowest BCUT2D eigenvalue weighted by molar-refractivity contribution is -0.143. The Morgan fingerprint density at radius 2 is 1.40 bits per heavy atom. The van der Waals surface area contributed by atoms with Crippen LogP contribution in [0.2, 0.25) is 0 Å². The van der Waals surface area contributed by atoms with Crippen LogP contribution in [0.4, 0.5) is 38.1 Å². The van der Waals surface area contributed by atoms with E-state index in [9.17, 15) is 26.3 Å². The second-order valence-corrected chi connectivity index (χ2v) is 14.7. The third kappa shape index (κ3) is 8.93. The van der Waals surface area contributed by atoms with E-state index in [0.717, 1.165) is 73.4 Å². The molecule has 284 valence electrons. The van der Waals surface area contributed by atoms with E-state index in [4.69, 9.17) is 14.6 Å². The average Bonchev–Trinajstić information content (AvgIpc) is 4.02. The van der Waals surface area contributed by atoms with Crippen LogP contribution in [0.25, 0.3) is 22.3 Å². The fourth-order valence-corrected chi connectivity index (χ4v) is 6.26. The van der Waals surface area contributed by atoms with Crippen LogP contribution >= 0.6 is 0 Å². The van der Waals surface area contributed by atoms with Crippen LogP contribution in [-0.2, 0) is 31.0 Å². The maximum Gasteiger partial charge on any atom is 0.416 e. The fourth-order valence-electron chi connectivity index (χ4n) is 6.26. The smallest absolute Gasteiger partial charge is 0.364 e. The van der Waals surface area contributed by atoms with Crippen molar-refractivity contribution in [1.82, 2.24) is 29.9 Å². The Hall–Kier alpha value is -4.69. The Morgan fingerprint density at radius 1 is 0.811 bits per heavy atom. The summed E-state index contributed by atoms with van der Waals surface area (Å²) in [6.07, 6.45) is -1.13. The van der Waals surface area contributed by atoms with Crippen LogP contribution in [0.1, 0.15) is 88.2 Å². The predicted molar refractivity (Wildman–Crippen MR) is 190 cm³/mol. The number of hydrogen-bond acceptors (Lipinski definition) is 8. The second kappa shape index (κ2) is 14.6. The highest BCUT2D eigenvalue weighted by Crippen LogP contribution is 2.40. The molecule has 0 spiro atoms. The van der Waals surface area contributed by atoms with E-state index in [0.29, 0.717) is 28.7 Å². The molecule has 7 rings (SSSR count). The first-order chi connectivity index (χ1) is 25.0. The summed E-state index contributed by atoms with van der Waals surface area (Å²) in [4.78, 5) is 18.2. The Morgan fingerprint density at radius 3 is 1.89 bits per heavy atom. The van der Waals surface area contributed by atoms with Gasteiger partial charge in [-0.25, -0.2) is 19.6 Å². The molecular formula is C38H44F6N8O. The van der Waals surface area contributed by atoms with Gasteiger partial charge in [0, 0.05) is 61.2 Å². The minimum atomic E-state index is -4.99. The summed E-state index contributed by atoms with van der Waals surface area (Å²) in [5.74, 6) is 1.88. The van der Waals surface area contributed by atoms with Crippen LogP contribution < -0.4 is 9.80 Å². The van der Waals surface area contributed by atoms with Crippen molar-refractivity contribution in [2.45, 2.75) is 98.2 Å². The molecule has 1 aromatic carbocycles. The van der Waals surface area contributed by atoms with Gasteiger partial charge in [-0.15, -0.1) is 0 Å². The lowest BCUT2D eigenvalue weighted by Gasteiger charge is -2.30. The predicted octanol–water partition coefficient (Wildman–Crippen LogP) is 9.84. The van der Waals surface area contributed by atoms with Crippen molar-refractivity contribution in [3.63, 3.8) is 0 Å². The third-order valence-electron chi connectivity index (χ3n) is 9.22. The molecule has 2 aliphatic carbocycles. The van der Waals surface area contributed by atoms with E-state index < -0.39 is 23.5 Å². The van der Waals surface area contributed by atoms with Crippen molar-refractivity contribution in [1.29, 1.82) is 0 Å². The molecule has 2 aliphatic rings. The topological polar surface area (TPSA) is 89.0 Å². The molecule has 0 aliphatic heterocycles. The molecule has 0 bridgehead atoms. The Balaban J connectivity index is 0.00000236. The van der Waals surface area contributed by atoms with E-state index >= 15 is 0 Å². The van der Waals surface area contributed by atoms with Crippen molar-refractivity contribution in [3.05, 3.63) is 76.9 Å². The molecule has 4 aromatic heterocycles. The standard InChI is InChI=1S/C36H38F6N8O.C2H6/c1-21-29-13-25(31(45-32(29)50(46-21)34(2,3)4)48(17-22-5-6-22)18-23-7-8-23)20-49(33-43-15-26(16-44-33)30-9-10-51-47-30)19-24-11-27(35(37,38)39)14-28(12-24)36(40,41)42;1-2/h9-16,22-23H,5-8,17-20H2,1-4H3;1-2H3. The highest BCUT2D eigenvalue weighted by Gasteiger charge is 2.38. The molecule has 0 saturated heterocycles. The fraction of sp³-hybridized carbons (Fsp3) is 0.500. The maximum absolute atomic E-state index is 13.9. The molecule has 0 atom stereocenters.